The first kappa shape index (κ1) is 19.0. The van der Waals surface area contributed by atoms with E-state index in [0.29, 0.717) is 10.0 Å². The van der Waals surface area contributed by atoms with E-state index in [1.807, 2.05) is 0 Å². The lowest BCUT2D eigenvalue weighted by Gasteiger charge is -2.32. The van der Waals surface area contributed by atoms with Gasteiger partial charge in [0.1, 0.15) is 11.1 Å². The molecule has 0 unspecified atom stereocenters. The second-order valence-electron chi connectivity index (χ2n) is 6.26. The number of hydrogen-bond donors (Lipinski definition) is 1. The van der Waals surface area contributed by atoms with E-state index < -0.39 is 29.7 Å². The van der Waals surface area contributed by atoms with Crippen LogP contribution in [0, 0.1) is 0 Å². The standard InChI is InChI=1S/C15H19BrF3NO2/c1-13(2,3)22-12(21)14(20,9-15(17,18)19)8-10-5-4-6-11(16)7-10/h4-7H,8-9,20H2,1-3H3/t14-/m1/s1. The quantitative estimate of drug-likeness (QED) is 0.802. The first-order chi connectivity index (χ1) is 9.81. The lowest BCUT2D eigenvalue weighted by molar-refractivity contribution is -0.179. The maximum atomic E-state index is 12.8. The SMILES string of the molecule is CC(C)(C)OC(=O)[C@@](N)(Cc1cccc(Br)c1)CC(F)(F)F. The van der Waals surface area contributed by atoms with E-state index in [2.05, 4.69) is 15.9 Å². The van der Waals surface area contributed by atoms with E-state index in [4.69, 9.17) is 10.5 Å². The highest BCUT2D eigenvalue weighted by Gasteiger charge is 2.47. The number of alkyl halides is 3. The topological polar surface area (TPSA) is 52.3 Å². The minimum atomic E-state index is -4.57. The molecule has 0 heterocycles. The average Bonchev–Trinajstić information content (AvgIpc) is 2.23. The van der Waals surface area contributed by atoms with Gasteiger partial charge in [-0.15, -0.1) is 0 Å². The summed E-state index contributed by atoms with van der Waals surface area (Å²) in [7, 11) is 0. The number of nitrogens with two attached hydrogens (primary N) is 1. The first-order valence-electron chi connectivity index (χ1n) is 6.64. The molecule has 3 nitrogen and oxygen atoms in total. The van der Waals surface area contributed by atoms with Crippen molar-refractivity contribution < 1.29 is 22.7 Å². The van der Waals surface area contributed by atoms with Crippen LogP contribution in [0.2, 0.25) is 0 Å². The molecule has 0 bridgehead atoms. The van der Waals surface area contributed by atoms with Crippen LogP contribution in [0.1, 0.15) is 32.8 Å². The average molecular weight is 382 g/mol. The molecule has 0 aliphatic carbocycles. The molecule has 1 aromatic rings. The zero-order valence-corrected chi connectivity index (χ0v) is 14.2. The van der Waals surface area contributed by atoms with Gasteiger partial charge in [-0.25, -0.2) is 0 Å². The van der Waals surface area contributed by atoms with Crippen LogP contribution in [0.15, 0.2) is 28.7 Å². The molecule has 22 heavy (non-hydrogen) atoms. The number of carbonyl (C=O) groups excluding carboxylic acids is 1. The number of rotatable bonds is 4. The van der Waals surface area contributed by atoms with E-state index in [0.717, 1.165) is 0 Å². The monoisotopic (exact) mass is 381 g/mol. The van der Waals surface area contributed by atoms with Crippen LogP contribution >= 0.6 is 15.9 Å². The Kier molecular flexibility index (Phi) is 5.67. The lowest BCUT2D eigenvalue weighted by atomic mass is 9.88. The van der Waals surface area contributed by atoms with E-state index in [1.54, 1.807) is 45.0 Å². The minimum absolute atomic E-state index is 0.263. The fourth-order valence-electron chi connectivity index (χ4n) is 1.96. The van der Waals surface area contributed by atoms with Crippen molar-refractivity contribution in [3.05, 3.63) is 34.3 Å². The van der Waals surface area contributed by atoms with E-state index in [-0.39, 0.29) is 6.42 Å². The summed E-state index contributed by atoms with van der Waals surface area (Å²) in [5.74, 6) is -1.06. The summed E-state index contributed by atoms with van der Waals surface area (Å²) in [6.07, 6.45) is -6.28. The molecule has 0 radical (unpaired) electrons. The van der Waals surface area contributed by atoms with Crippen LogP contribution < -0.4 is 5.73 Å². The molecule has 0 saturated carbocycles. The largest absolute Gasteiger partial charge is 0.459 e. The first-order valence-corrected chi connectivity index (χ1v) is 7.44. The van der Waals surface area contributed by atoms with E-state index in [1.165, 1.54) is 0 Å². The number of hydrogen-bond acceptors (Lipinski definition) is 3. The molecule has 0 aliphatic heterocycles. The van der Waals surface area contributed by atoms with Crippen molar-refractivity contribution >= 4 is 21.9 Å². The highest BCUT2D eigenvalue weighted by Crippen LogP contribution is 2.31. The van der Waals surface area contributed by atoms with Gasteiger partial charge in [0.05, 0.1) is 6.42 Å². The zero-order valence-electron chi connectivity index (χ0n) is 12.6. The van der Waals surface area contributed by atoms with Crippen molar-refractivity contribution in [3.63, 3.8) is 0 Å². The predicted molar refractivity (Wildman–Crippen MR) is 81.3 cm³/mol. The van der Waals surface area contributed by atoms with Crippen LogP contribution in [0.4, 0.5) is 13.2 Å². The second-order valence-corrected chi connectivity index (χ2v) is 7.17. The van der Waals surface area contributed by atoms with Gasteiger partial charge in [-0.05, 0) is 38.5 Å². The number of esters is 1. The predicted octanol–water partition coefficient (Wildman–Crippen LogP) is 3.98. The Morgan fingerprint density at radius 1 is 1.27 bits per heavy atom. The Morgan fingerprint density at radius 3 is 2.32 bits per heavy atom. The van der Waals surface area contributed by atoms with Gasteiger partial charge >= 0.3 is 12.1 Å². The van der Waals surface area contributed by atoms with E-state index >= 15 is 0 Å². The van der Waals surface area contributed by atoms with Crippen molar-refractivity contribution in [2.45, 2.75) is 50.9 Å². The normalized spacial score (nSPS) is 15.3. The summed E-state index contributed by atoms with van der Waals surface area (Å²) in [5.41, 5.74) is 3.25. The molecule has 1 atom stereocenters. The number of halogens is 4. The molecule has 1 rings (SSSR count). The maximum absolute atomic E-state index is 12.8. The highest BCUT2D eigenvalue weighted by atomic mass is 79.9. The molecule has 0 amide bonds. The third-order valence-corrected chi connectivity index (χ3v) is 3.22. The van der Waals surface area contributed by atoms with Gasteiger partial charge in [-0.3, -0.25) is 4.79 Å². The summed E-state index contributed by atoms with van der Waals surface area (Å²) in [5, 5.41) is 0. The molecule has 0 aromatic heterocycles. The van der Waals surface area contributed by atoms with Crippen molar-refractivity contribution in [3.8, 4) is 0 Å². The zero-order chi connectivity index (χ0) is 17.2. The van der Waals surface area contributed by atoms with Gasteiger partial charge in [0.15, 0.2) is 0 Å². The Balaban J connectivity index is 3.08. The fourth-order valence-corrected chi connectivity index (χ4v) is 2.40. The van der Waals surface area contributed by atoms with Gasteiger partial charge in [0.2, 0.25) is 0 Å². The van der Waals surface area contributed by atoms with Crippen molar-refractivity contribution in [1.29, 1.82) is 0 Å². The van der Waals surface area contributed by atoms with Gasteiger partial charge in [0, 0.05) is 10.9 Å². The molecular formula is C15H19BrF3NO2. The summed E-state index contributed by atoms with van der Waals surface area (Å²) < 4.78 is 44.3. The van der Waals surface area contributed by atoms with Crippen LogP contribution in [0.25, 0.3) is 0 Å². The van der Waals surface area contributed by atoms with Gasteiger partial charge < -0.3 is 10.5 Å². The summed E-state index contributed by atoms with van der Waals surface area (Å²) in [6, 6.07) is 6.65. The van der Waals surface area contributed by atoms with Crippen molar-refractivity contribution in [2.75, 3.05) is 0 Å². The van der Waals surface area contributed by atoms with Crippen LogP contribution in [-0.2, 0) is 16.0 Å². The van der Waals surface area contributed by atoms with Crippen LogP contribution in [0.3, 0.4) is 0 Å². The Bertz CT molecular complexity index is 540. The van der Waals surface area contributed by atoms with Crippen molar-refractivity contribution in [2.24, 2.45) is 5.73 Å². The number of ether oxygens (including phenoxy) is 1. The fraction of sp³-hybridized carbons (Fsp3) is 0.533. The summed E-state index contributed by atoms with van der Waals surface area (Å²) in [6.45, 7) is 4.74. The smallest absolute Gasteiger partial charge is 0.391 e. The molecule has 1 aromatic carbocycles. The molecule has 124 valence electrons. The van der Waals surface area contributed by atoms with Crippen LogP contribution in [-0.4, -0.2) is 23.3 Å². The summed E-state index contributed by atoms with van der Waals surface area (Å²) >= 11 is 3.24. The third kappa shape index (κ3) is 6.36. The summed E-state index contributed by atoms with van der Waals surface area (Å²) in [4.78, 5) is 12.2. The third-order valence-electron chi connectivity index (χ3n) is 2.73. The molecule has 2 N–H and O–H groups in total. The van der Waals surface area contributed by atoms with Gasteiger partial charge in [0.25, 0.3) is 0 Å². The molecule has 7 heteroatoms. The molecule has 0 saturated heterocycles. The lowest BCUT2D eigenvalue weighted by Crippen LogP contribution is -2.55. The second kappa shape index (κ2) is 6.58. The molecule has 0 fully saturated rings. The molecule has 0 aliphatic rings. The Hall–Kier alpha value is -1.08. The van der Waals surface area contributed by atoms with Crippen LogP contribution in [0.5, 0.6) is 0 Å². The maximum Gasteiger partial charge on any atom is 0.391 e. The van der Waals surface area contributed by atoms with Crippen molar-refractivity contribution in [1.82, 2.24) is 0 Å². The highest BCUT2D eigenvalue weighted by molar-refractivity contribution is 9.10. The number of carbonyl (C=O) groups is 1. The number of benzene rings is 1. The van der Waals surface area contributed by atoms with E-state index in [9.17, 15) is 18.0 Å². The Labute approximate surface area is 136 Å². The molecule has 0 spiro atoms. The van der Waals surface area contributed by atoms with Gasteiger partial charge in [-0.2, -0.15) is 13.2 Å². The minimum Gasteiger partial charge on any atom is -0.459 e. The molecular weight excluding hydrogens is 363 g/mol. The Morgan fingerprint density at radius 2 is 1.86 bits per heavy atom. The van der Waals surface area contributed by atoms with Gasteiger partial charge in [-0.1, -0.05) is 28.1 Å².